The van der Waals surface area contributed by atoms with E-state index in [-0.39, 0.29) is 23.8 Å². The van der Waals surface area contributed by atoms with Gasteiger partial charge in [0.05, 0.1) is 12.0 Å². The molecule has 0 bridgehead atoms. The number of carbonyl (C=O) groups excluding carboxylic acids is 2. The molecule has 2 aliphatic carbocycles. The highest BCUT2D eigenvalue weighted by atomic mass is 16.6. The van der Waals surface area contributed by atoms with E-state index in [0.717, 1.165) is 23.1 Å². The standard InChI is InChI=1S/C24H33NO5/c1-11(2)8-17-21-14(5)13(4)9-16-20-12(3)6-7-18(26)22(28)15(20)10-19(27)30-24(16,21)23(29)25-17/h9-11,14,16-18,21-22,26,28H,6-8H2,1-5H3,(H,25,29). The Morgan fingerprint density at radius 1 is 1.27 bits per heavy atom. The Morgan fingerprint density at radius 2 is 1.97 bits per heavy atom. The summed E-state index contributed by atoms with van der Waals surface area (Å²) in [4.78, 5) is 26.5. The Morgan fingerprint density at radius 3 is 2.63 bits per heavy atom. The summed E-state index contributed by atoms with van der Waals surface area (Å²) in [5.41, 5.74) is 1.97. The number of fused-ring (bicyclic) bond motifs is 2. The van der Waals surface area contributed by atoms with Crippen molar-refractivity contribution < 1.29 is 24.5 Å². The molecular formula is C24H33NO5. The fraction of sp³-hybridized carbons (Fsp3) is 0.667. The van der Waals surface area contributed by atoms with Crippen LogP contribution in [-0.2, 0) is 14.3 Å². The smallest absolute Gasteiger partial charge is 0.332 e. The van der Waals surface area contributed by atoms with Crippen molar-refractivity contribution in [2.24, 2.45) is 23.7 Å². The Bertz CT molecular complexity index is 869. The minimum absolute atomic E-state index is 0.0699. The first-order valence-electron chi connectivity index (χ1n) is 11.1. The van der Waals surface area contributed by atoms with Gasteiger partial charge in [-0.15, -0.1) is 0 Å². The molecule has 164 valence electrons. The second-order valence-electron chi connectivity index (χ2n) is 9.97. The molecule has 1 amide bonds. The van der Waals surface area contributed by atoms with Gasteiger partial charge in [-0.2, -0.15) is 0 Å². The molecule has 2 heterocycles. The summed E-state index contributed by atoms with van der Waals surface area (Å²) in [7, 11) is 0. The van der Waals surface area contributed by atoms with E-state index >= 15 is 0 Å². The minimum Gasteiger partial charge on any atom is -0.444 e. The number of carbonyl (C=O) groups is 2. The Hall–Kier alpha value is -1.92. The van der Waals surface area contributed by atoms with E-state index in [1.165, 1.54) is 6.08 Å². The van der Waals surface area contributed by atoms with Crippen LogP contribution < -0.4 is 5.32 Å². The Labute approximate surface area is 178 Å². The topological polar surface area (TPSA) is 95.9 Å². The molecule has 30 heavy (non-hydrogen) atoms. The molecule has 6 nitrogen and oxygen atoms in total. The van der Waals surface area contributed by atoms with Crippen LogP contribution in [0.1, 0.15) is 53.9 Å². The third-order valence-corrected chi connectivity index (χ3v) is 7.60. The SMILES string of the molecule is CC1=CC2C3=C(C)CCC(O)C(O)C3=CC(=O)OC23C(=O)NC(CC(C)C)C3C1C. The van der Waals surface area contributed by atoms with Crippen LogP contribution in [0.15, 0.2) is 34.4 Å². The van der Waals surface area contributed by atoms with Crippen LogP contribution in [0.5, 0.6) is 0 Å². The zero-order chi connectivity index (χ0) is 22.0. The largest absolute Gasteiger partial charge is 0.444 e. The van der Waals surface area contributed by atoms with Crippen LogP contribution in [0.4, 0.5) is 0 Å². The Kier molecular flexibility index (Phi) is 5.22. The molecule has 0 saturated carbocycles. The van der Waals surface area contributed by atoms with Crippen LogP contribution >= 0.6 is 0 Å². The van der Waals surface area contributed by atoms with Gasteiger partial charge in [0.15, 0.2) is 0 Å². The van der Waals surface area contributed by atoms with Crippen LogP contribution in [0, 0.1) is 23.7 Å². The zero-order valence-corrected chi connectivity index (χ0v) is 18.4. The maximum atomic E-state index is 13.5. The number of hydrogen-bond donors (Lipinski definition) is 3. The summed E-state index contributed by atoms with van der Waals surface area (Å²) in [6.07, 6.45) is 3.01. The number of amides is 1. The van der Waals surface area contributed by atoms with Crippen molar-refractivity contribution in [3.63, 3.8) is 0 Å². The summed E-state index contributed by atoms with van der Waals surface area (Å²) < 4.78 is 6.04. The van der Waals surface area contributed by atoms with Crippen molar-refractivity contribution >= 4 is 11.9 Å². The first-order chi connectivity index (χ1) is 14.1. The van der Waals surface area contributed by atoms with Gasteiger partial charge in [-0.05, 0) is 56.1 Å². The molecule has 4 rings (SSSR count). The van der Waals surface area contributed by atoms with E-state index in [9.17, 15) is 19.8 Å². The van der Waals surface area contributed by atoms with E-state index in [1.807, 2.05) is 13.0 Å². The predicted octanol–water partition coefficient (Wildman–Crippen LogP) is 2.41. The van der Waals surface area contributed by atoms with Crippen molar-refractivity contribution in [3.05, 3.63) is 34.4 Å². The second kappa shape index (κ2) is 7.34. The molecule has 2 aliphatic heterocycles. The normalized spacial score (nSPS) is 41.1. The summed E-state index contributed by atoms with van der Waals surface area (Å²) in [5, 5.41) is 24.4. The van der Waals surface area contributed by atoms with Crippen molar-refractivity contribution in [1.82, 2.24) is 5.32 Å². The highest BCUT2D eigenvalue weighted by molar-refractivity contribution is 5.96. The van der Waals surface area contributed by atoms with E-state index in [0.29, 0.717) is 24.3 Å². The molecule has 7 atom stereocenters. The number of nitrogens with one attached hydrogen (secondary N) is 1. The summed E-state index contributed by atoms with van der Waals surface area (Å²) >= 11 is 0. The molecule has 0 radical (unpaired) electrons. The zero-order valence-electron chi connectivity index (χ0n) is 18.4. The molecule has 7 unspecified atom stereocenters. The number of aliphatic hydroxyl groups is 2. The van der Waals surface area contributed by atoms with Crippen LogP contribution in [0.25, 0.3) is 0 Å². The van der Waals surface area contributed by atoms with Crippen molar-refractivity contribution in [2.75, 3.05) is 0 Å². The van der Waals surface area contributed by atoms with Crippen molar-refractivity contribution in [1.29, 1.82) is 0 Å². The molecule has 6 heteroatoms. The van der Waals surface area contributed by atoms with Gasteiger partial charge in [0.1, 0.15) is 6.10 Å². The van der Waals surface area contributed by atoms with Gasteiger partial charge in [0.2, 0.25) is 5.60 Å². The van der Waals surface area contributed by atoms with Crippen molar-refractivity contribution in [2.45, 2.75) is 77.7 Å². The number of rotatable bonds is 2. The lowest BCUT2D eigenvalue weighted by Crippen LogP contribution is -2.56. The van der Waals surface area contributed by atoms with Gasteiger partial charge < -0.3 is 20.3 Å². The maximum Gasteiger partial charge on any atom is 0.332 e. The fourth-order valence-electron chi connectivity index (χ4n) is 6.10. The number of aliphatic hydroxyl groups excluding tert-OH is 2. The van der Waals surface area contributed by atoms with E-state index in [4.69, 9.17) is 4.74 Å². The average Bonchev–Trinajstić information content (AvgIpc) is 2.78. The fourth-order valence-corrected chi connectivity index (χ4v) is 6.10. The van der Waals surface area contributed by atoms with Gasteiger partial charge in [-0.3, -0.25) is 4.79 Å². The van der Waals surface area contributed by atoms with E-state index in [2.05, 4.69) is 33.0 Å². The molecule has 1 fully saturated rings. The summed E-state index contributed by atoms with van der Waals surface area (Å²) in [6, 6.07) is -0.0878. The van der Waals surface area contributed by atoms with Gasteiger partial charge in [0.25, 0.3) is 5.91 Å². The third-order valence-electron chi connectivity index (χ3n) is 7.60. The second-order valence-corrected chi connectivity index (χ2v) is 9.97. The quantitative estimate of drug-likeness (QED) is 0.476. The van der Waals surface area contributed by atoms with Crippen molar-refractivity contribution in [3.8, 4) is 0 Å². The lowest BCUT2D eigenvalue weighted by atomic mass is 9.60. The molecule has 1 saturated heterocycles. The van der Waals surface area contributed by atoms with Gasteiger partial charge >= 0.3 is 5.97 Å². The molecule has 0 aromatic heterocycles. The lowest BCUT2D eigenvalue weighted by molar-refractivity contribution is -0.171. The molecule has 3 N–H and O–H groups in total. The number of ether oxygens (including phenoxy) is 1. The van der Waals surface area contributed by atoms with Gasteiger partial charge in [-0.25, -0.2) is 4.79 Å². The maximum absolute atomic E-state index is 13.5. The van der Waals surface area contributed by atoms with Crippen LogP contribution in [0.2, 0.25) is 0 Å². The van der Waals surface area contributed by atoms with Crippen LogP contribution in [0.3, 0.4) is 0 Å². The van der Waals surface area contributed by atoms with Crippen LogP contribution in [-0.4, -0.2) is 45.9 Å². The highest BCUT2D eigenvalue weighted by Gasteiger charge is 2.66. The third kappa shape index (κ3) is 2.99. The summed E-state index contributed by atoms with van der Waals surface area (Å²) in [5.74, 6) is -1.09. The monoisotopic (exact) mass is 415 g/mol. The van der Waals surface area contributed by atoms with E-state index in [1.54, 1.807) is 0 Å². The molecule has 0 aromatic rings. The summed E-state index contributed by atoms with van der Waals surface area (Å²) in [6.45, 7) is 10.4. The van der Waals surface area contributed by atoms with Gasteiger partial charge in [0, 0.05) is 18.0 Å². The number of allylic oxidation sites excluding steroid dienone is 2. The molecular weight excluding hydrogens is 382 g/mol. The molecule has 1 spiro atoms. The predicted molar refractivity (Wildman–Crippen MR) is 112 cm³/mol. The minimum atomic E-state index is -1.33. The molecule has 0 aromatic carbocycles. The first kappa shape index (κ1) is 21.3. The molecule has 4 aliphatic rings. The number of esters is 1. The average molecular weight is 416 g/mol. The lowest BCUT2D eigenvalue weighted by Gasteiger charge is -2.46. The number of hydrogen-bond acceptors (Lipinski definition) is 5. The highest BCUT2D eigenvalue weighted by Crippen LogP contribution is 2.55. The Balaban J connectivity index is 1.95. The van der Waals surface area contributed by atoms with E-state index < -0.39 is 29.7 Å². The first-order valence-corrected chi connectivity index (χ1v) is 11.1. The van der Waals surface area contributed by atoms with Gasteiger partial charge in [-0.1, -0.05) is 38.0 Å².